The molecule has 186 valence electrons. The Labute approximate surface area is 205 Å². The molecule has 0 heterocycles. The van der Waals surface area contributed by atoms with E-state index in [4.69, 9.17) is 9.94 Å². The maximum Gasteiger partial charge on any atom is 0.291 e. The quantitative estimate of drug-likeness (QED) is 0.245. The van der Waals surface area contributed by atoms with Gasteiger partial charge in [-0.3, -0.25) is 9.63 Å². The van der Waals surface area contributed by atoms with Crippen molar-refractivity contribution in [2.75, 3.05) is 32.1 Å². The number of carbonyl (C=O) groups is 1. The summed E-state index contributed by atoms with van der Waals surface area (Å²) >= 11 is 0. The fourth-order valence-corrected chi connectivity index (χ4v) is 4.62. The van der Waals surface area contributed by atoms with E-state index in [1.807, 2.05) is 48.5 Å². The Morgan fingerprint density at radius 2 is 1.51 bits per heavy atom. The van der Waals surface area contributed by atoms with E-state index < -0.39 is 27.8 Å². The van der Waals surface area contributed by atoms with Gasteiger partial charge in [0.1, 0.15) is 0 Å². The molecule has 0 saturated carbocycles. The lowest BCUT2D eigenvalue weighted by Gasteiger charge is -2.22. The molecule has 0 radical (unpaired) electrons. The lowest BCUT2D eigenvalue weighted by molar-refractivity contribution is -0.0580. The molecule has 0 unspecified atom stereocenters. The van der Waals surface area contributed by atoms with Gasteiger partial charge in [0.15, 0.2) is 0 Å². The first-order chi connectivity index (χ1) is 16.9. The predicted molar refractivity (Wildman–Crippen MR) is 134 cm³/mol. The van der Waals surface area contributed by atoms with E-state index in [2.05, 4.69) is 5.32 Å². The molecule has 1 amide bonds. The van der Waals surface area contributed by atoms with Gasteiger partial charge in [0.2, 0.25) is 0 Å². The molecule has 3 N–H and O–H groups in total. The molecular formula is C26H30N2O6S. The molecule has 0 aliphatic heterocycles. The fraction of sp³-hybridized carbons (Fsp3) is 0.269. The van der Waals surface area contributed by atoms with Gasteiger partial charge in [0, 0.05) is 25.3 Å². The molecule has 35 heavy (non-hydrogen) atoms. The topological polar surface area (TPSA) is 116 Å². The van der Waals surface area contributed by atoms with Crippen LogP contribution in [0.25, 0.3) is 11.1 Å². The van der Waals surface area contributed by atoms with E-state index in [0.29, 0.717) is 4.47 Å². The van der Waals surface area contributed by atoms with Crippen molar-refractivity contribution >= 4 is 15.9 Å². The zero-order valence-corrected chi connectivity index (χ0v) is 20.1. The maximum absolute atomic E-state index is 13.1. The molecule has 9 heteroatoms. The largest absolute Gasteiger partial charge is 0.396 e. The molecule has 8 nitrogen and oxygen atoms in total. The molecular weight excluding hydrogens is 468 g/mol. The van der Waals surface area contributed by atoms with Crippen LogP contribution in [0.1, 0.15) is 28.4 Å². The second-order valence-electron chi connectivity index (χ2n) is 7.83. The third-order valence-corrected chi connectivity index (χ3v) is 6.81. The minimum Gasteiger partial charge on any atom is -0.396 e. The van der Waals surface area contributed by atoms with Crippen molar-refractivity contribution in [3.05, 3.63) is 96.1 Å². The highest BCUT2D eigenvalue weighted by molar-refractivity contribution is 7.89. The second kappa shape index (κ2) is 13.1. The molecule has 0 aliphatic rings. The molecule has 0 spiro atoms. The van der Waals surface area contributed by atoms with E-state index in [1.165, 1.54) is 0 Å². The Kier molecular flexibility index (Phi) is 9.95. The highest BCUT2D eigenvalue weighted by atomic mass is 32.2. The molecule has 0 bridgehead atoms. The van der Waals surface area contributed by atoms with E-state index in [-0.39, 0.29) is 38.3 Å². The molecule has 1 atom stereocenters. The lowest BCUT2D eigenvalue weighted by Crippen LogP contribution is -2.40. The number of benzene rings is 3. The maximum atomic E-state index is 13.1. The summed E-state index contributed by atoms with van der Waals surface area (Å²) in [6.07, 6.45) is -0.755. The van der Waals surface area contributed by atoms with Gasteiger partial charge in [-0.25, -0.2) is 8.42 Å². The first-order valence-electron chi connectivity index (χ1n) is 11.3. The number of hydroxylamine groups is 1. The number of aliphatic hydroxyl groups excluding tert-OH is 2. The number of amides is 1. The minimum absolute atomic E-state index is 0.0239. The minimum atomic E-state index is -4.12. The van der Waals surface area contributed by atoms with Crippen LogP contribution in [-0.2, 0) is 14.9 Å². The van der Waals surface area contributed by atoms with Gasteiger partial charge in [-0.15, -0.1) is 4.47 Å². The van der Waals surface area contributed by atoms with E-state index in [1.54, 1.807) is 36.4 Å². The van der Waals surface area contributed by atoms with Gasteiger partial charge in [0.25, 0.3) is 15.9 Å². The lowest BCUT2D eigenvalue weighted by atomic mass is 10.0. The third kappa shape index (κ3) is 7.71. The number of aliphatic hydroxyl groups is 2. The zero-order chi connectivity index (χ0) is 25.1. The average molecular weight is 499 g/mol. The Hall–Kier alpha value is -3.08. The van der Waals surface area contributed by atoms with Gasteiger partial charge in [-0.1, -0.05) is 72.8 Å². The number of hydrogen-bond donors (Lipinski definition) is 3. The molecule has 0 aliphatic carbocycles. The standard InChI is InChI=1S/C26H30N2O6S/c29-17-7-19-35(32,33)28(34-18-16-27-20-25(30)23-10-5-2-6-11-23)26(31)24-14-12-22(13-15-24)21-8-3-1-4-9-21/h1-6,8-15,25,27,29-30H,7,16-20H2/t25-/m0/s1. The van der Waals surface area contributed by atoms with Crippen molar-refractivity contribution in [2.45, 2.75) is 12.5 Å². The fourth-order valence-electron chi connectivity index (χ4n) is 3.37. The normalized spacial score (nSPS) is 12.3. The van der Waals surface area contributed by atoms with Crippen LogP contribution in [0.4, 0.5) is 0 Å². The monoisotopic (exact) mass is 498 g/mol. The van der Waals surface area contributed by atoms with E-state index in [0.717, 1.165) is 16.7 Å². The Bertz CT molecular complexity index is 1160. The van der Waals surface area contributed by atoms with Crippen molar-refractivity contribution in [1.29, 1.82) is 0 Å². The predicted octanol–water partition coefficient (Wildman–Crippen LogP) is 2.76. The van der Waals surface area contributed by atoms with Crippen LogP contribution in [-0.4, -0.2) is 61.1 Å². The van der Waals surface area contributed by atoms with Crippen LogP contribution in [0.15, 0.2) is 84.9 Å². The van der Waals surface area contributed by atoms with Crippen molar-refractivity contribution in [3.63, 3.8) is 0 Å². The summed E-state index contributed by atoms with van der Waals surface area (Å²) in [5, 5.41) is 22.3. The zero-order valence-electron chi connectivity index (χ0n) is 19.3. The summed E-state index contributed by atoms with van der Waals surface area (Å²) < 4.78 is 25.9. The van der Waals surface area contributed by atoms with Gasteiger partial charge in [0.05, 0.1) is 18.5 Å². The molecule has 0 aromatic heterocycles. The number of rotatable bonds is 13. The summed E-state index contributed by atoms with van der Waals surface area (Å²) in [6.45, 7) is -0.00463. The smallest absolute Gasteiger partial charge is 0.291 e. The van der Waals surface area contributed by atoms with E-state index in [9.17, 15) is 18.3 Å². The van der Waals surface area contributed by atoms with Crippen LogP contribution in [0.5, 0.6) is 0 Å². The number of nitrogens with one attached hydrogen (secondary N) is 1. The van der Waals surface area contributed by atoms with Gasteiger partial charge in [-0.05, 0) is 35.2 Å². The third-order valence-electron chi connectivity index (χ3n) is 5.23. The Morgan fingerprint density at radius 3 is 2.14 bits per heavy atom. The van der Waals surface area contributed by atoms with Crippen LogP contribution in [0.3, 0.4) is 0 Å². The summed E-state index contributed by atoms with van der Waals surface area (Å²) in [6, 6.07) is 25.3. The van der Waals surface area contributed by atoms with Crippen molar-refractivity contribution in [3.8, 4) is 11.1 Å². The number of carbonyl (C=O) groups excluding carboxylic acids is 1. The first-order valence-corrected chi connectivity index (χ1v) is 12.9. The molecule has 3 rings (SSSR count). The summed E-state index contributed by atoms with van der Waals surface area (Å²) in [5.74, 6) is -1.25. The van der Waals surface area contributed by atoms with E-state index >= 15 is 0 Å². The Morgan fingerprint density at radius 1 is 0.914 bits per heavy atom. The number of hydrogen-bond acceptors (Lipinski definition) is 7. The highest BCUT2D eigenvalue weighted by Crippen LogP contribution is 2.21. The van der Waals surface area contributed by atoms with Crippen molar-refractivity contribution in [2.24, 2.45) is 0 Å². The number of nitrogens with zero attached hydrogens (tertiary/aromatic N) is 1. The second-order valence-corrected chi connectivity index (χ2v) is 9.74. The molecule has 0 fully saturated rings. The van der Waals surface area contributed by atoms with Crippen LogP contribution >= 0.6 is 0 Å². The summed E-state index contributed by atoms with van der Waals surface area (Å²) in [5.41, 5.74) is 2.77. The Balaban J connectivity index is 1.63. The molecule has 3 aromatic carbocycles. The van der Waals surface area contributed by atoms with Crippen molar-refractivity contribution < 1.29 is 28.3 Å². The first kappa shape index (κ1) is 26.5. The van der Waals surface area contributed by atoms with Gasteiger partial charge >= 0.3 is 0 Å². The van der Waals surface area contributed by atoms with Crippen LogP contribution < -0.4 is 5.32 Å². The average Bonchev–Trinajstić information content (AvgIpc) is 2.90. The highest BCUT2D eigenvalue weighted by Gasteiger charge is 2.29. The molecule has 3 aromatic rings. The van der Waals surface area contributed by atoms with Crippen LogP contribution in [0.2, 0.25) is 0 Å². The van der Waals surface area contributed by atoms with Crippen LogP contribution in [0, 0.1) is 0 Å². The van der Waals surface area contributed by atoms with Gasteiger partial charge < -0.3 is 15.5 Å². The number of sulfonamides is 1. The SMILES string of the molecule is O=C(c1ccc(-c2ccccc2)cc1)N(OCCNC[C@H](O)c1ccccc1)S(=O)(=O)CCCO. The van der Waals surface area contributed by atoms with Crippen molar-refractivity contribution in [1.82, 2.24) is 9.79 Å². The summed E-state index contributed by atoms with van der Waals surface area (Å²) in [7, 11) is -4.12. The summed E-state index contributed by atoms with van der Waals surface area (Å²) in [4.78, 5) is 18.5. The molecule has 0 saturated heterocycles. The van der Waals surface area contributed by atoms with Gasteiger partial charge in [-0.2, -0.15) is 0 Å².